The first-order valence-corrected chi connectivity index (χ1v) is 13.4. The van der Waals surface area contributed by atoms with Crippen LogP contribution in [-0.4, -0.2) is 113 Å². The fourth-order valence-electron chi connectivity index (χ4n) is 4.65. The molecule has 3 aromatic heterocycles. The molecule has 5 rings (SSSR count). The minimum absolute atomic E-state index is 0.196. The van der Waals surface area contributed by atoms with Crippen molar-refractivity contribution in [1.29, 1.82) is 0 Å². The van der Waals surface area contributed by atoms with E-state index in [4.69, 9.17) is 14.7 Å². The lowest BCUT2D eigenvalue weighted by molar-refractivity contribution is -0.141. The zero-order valence-electron chi connectivity index (χ0n) is 21.8. The molecule has 1 amide bonds. The van der Waals surface area contributed by atoms with Gasteiger partial charge >= 0.3 is 0 Å². The number of hydrogen-bond acceptors (Lipinski definition) is 11. The summed E-state index contributed by atoms with van der Waals surface area (Å²) in [7, 11) is 3.82. The number of thiophene rings is 1. The van der Waals surface area contributed by atoms with E-state index in [9.17, 15) is 9.90 Å². The van der Waals surface area contributed by atoms with Crippen molar-refractivity contribution < 1.29 is 14.6 Å². The van der Waals surface area contributed by atoms with Gasteiger partial charge in [-0.15, -0.1) is 11.3 Å². The van der Waals surface area contributed by atoms with Crippen LogP contribution in [0.15, 0.2) is 12.4 Å². The highest BCUT2D eigenvalue weighted by Gasteiger charge is 2.26. The minimum Gasteiger partial charge on any atom is -0.384 e. The number of piperazine rings is 1. The highest BCUT2D eigenvalue weighted by Crippen LogP contribution is 2.38. The second kappa shape index (κ2) is 10.8. The summed E-state index contributed by atoms with van der Waals surface area (Å²) in [6.45, 7) is 10.2. The number of fused-ring (bicyclic) bond motifs is 1. The first-order chi connectivity index (χ1) is 17.8. The first-order valence-electron chi connectivity index (χ1n) is 12.6. The molecule has 0 bridgehead atoms. The Hall–Kier alpha value is -2.93. The molecule has 3 aromatic rings. The number of aryl methyl sites for hydroxylation is 1. The highest BCUT2D eigenvalue weighted by molar-refractivity contribution is 7.19. The summed E-state index contributed by atoms with van der Waals surface area (Å²) in [4.78, 5) is 40.6. The molecule has 0 radical (unpaired) electrons. The van der Waals surface area contributed by atoms with E-state index < -0.39 is 6.10 Å². The Kier molecular flexibility index (Phi) is 7.52. The van der Waals surface area contributed by atoms with Crippen LogP contribution in [0.1, 0.15) is 17.4 Å². The van der Waals surface area contributed by atoms with Crippen molar-refractivity contribution >= 4 is 39.2 Å². The molecular weight excluding hydrogens is 492 g/mol. The van der Waals surface area contributed by atoms with E-state index >= 15 is 0 Å². The first kappa shape index (κ1) is 25.7. The highest BCUT2D eigenvalue weighted by atomic mass is 32.1. The maximum absolute atomic E-state index is 12.1. The molecule has 1 atom stereocenters. The van der Waals surface area contributed by atoms with E-state index in [1.165, 1.54) is 11.8 Å². The molecule has 2 fully saturated rings. The SMILES string of the molecule is Cc1c(CN2CCN(C(=O)C(C)O)CC2)sc2c(N3CCOCC3)nc(-c3cnc(N(C)C)nc3)nc12. The Bertz CT molecular complexity index is 1250. The van der Waals surface area contributed by atoms with Crippen molar-refractivity contribution in [3.63, 3.8) is 0 Å². The standard InChI is InChI=1S/C25H34N8O3S/c1-16-19(15-31-5-7-33(8-6-31)24(35)17(2)34)37-21-20(16)28-22(18-13-26-25(27-14-18)30(3)4)29-23(21)32-9-11-36-12-10-32/h13-14,17,34H,5-12,15H2,1-4H3. The summed E-state index contributed by atoms with van der Waals surface area (Å²) >= 11 is 1.75. The van der Waals surface area contributed by atoms with Gasteiger partial charge in [0.1, 0.15) is 6.10 Å². The second-order valence-corrected chi connectivity index (χ2v) is 10.8. The van der Waals surface area contributed by atoms with Crippen LogP contribution < -0.4 is 9.80 Å². The molecule has 198 valence electrons. The lowest BCUT2D eigenvalue weighted by atomic mass is 10.2. The van der Waals surface area contributed by atoms with Crippen molar-refractivity contribution in [2.75, 3.05) is 76.4 Å². The molecule has 5 heterocycles. The maximum Gasteiger partial charge on any atom is 0.251 e. The van der Waals surface area contributed by atoms with Gasteiger partial charge in [-0.25, -0.2) is 19.9 Å². The number of anilines is 2. The van der Waals surface area contributed by atoms with Crippen LogP contribution >= 0.6 is 11.3 Å². The molecule has 0 aliphatic carbocycles. The van der Waals surface area contributed by atoms with Gasteiger partial charge < -0.3 is 24.5 Å². The number of amides is 1. The smallest absolute Gasteiger partial charge is 0.251 e. The van der Waals surface area contributed by atoms with E-state index in [2.05, 4.69) is 26.7 Å². The third kappa shape index (κ3) is 5.37. The van der Waals surface area contributed by atoms with Crippen LogP contribution in [0.3, 0.4) is 0 Å². The Morgan fingerprint density at radius 3 is 2.41 bits per heavy atom. The largest absolute Gasteiger partial charge is 0.384 e. The average Bonchev–Trinajstić information content (AvgIpc) is 3.23. The monoisotopic (exact) mass is 526 g/mol. The number of carbonyl (C=O) groups excluding carboxylic acids is 1. The van der Waals surface area contributed by atoms with Crippen LogP contribution in [0.25, 0.3) is 21.6 Å². The lowest BCUT2D eigenvalue weighted by Crippen LogP contribution is -2.50. The summed E-state index contributed by atoms with van der Waals surface area (Å²) in [5.41, 5.74) is 2.91. The van der Waals surface area contributed by atoms with Gasteiger partial charge in [0.25, 0.3) is 5.91 Å². The number of aliphatic hydroxyl groups excluding tert-OH is 1. The molecule has 37 heavy (non-hydrogen) atoms. The van der Waals surface area contributed by atoms with Crippen molar-refractivity contribution in [3.8, 4) is 11.4 Å². The van der Waals surface area contributed by atoms with Gasteiger partial charge in [0, 0.05) is 77.2 Å². The number of aliphatic hydroxyl groups is 1. The fraction of sp³-hybridized carbons (Fsp3) is 0.560. The van der Waals surface area contributed by atoms with Gasteiger partial charge in [-0.05, 0) is 19.4 Å². The summed E-state index contributed by atoms with van der Waals surface area (Å²) in [5, 5.41) is 9.63. The third-order valence-corrected chi connectivity index (χ3v) is 8.12. The van der Waals surface area contributed by atoms with Gasteiger partial charge in [0.05, 0.1) is 29.0 Å². The molecule has 1 N–H and O–H groups in total. The number of nitrogens with zero attached hydrogens (tertiary/aromatic N) is 8. The summed E-state index contributed by atoms with van der Waals surface area (Å²) in [6.07, 6.45) is 2.61. The lowest BCUT2D eigenvalue weighted by Gasteiger charge is -2.35. The van der Waals surface area contributed by atoms with Gasteiger partial charge in [0.2, 0.25) is 5.95 Å². The van der Waals surface area contributed by atoms with E-state index in [0.29, 0.717) is 38.1 Å². The number of ether oxygens (including phenoxy) is 1. The molecule has 1 unspecified atom stereocenters. The number of rotatable bonds is 6. The van der Waals surface area contributed by atoms with E-state index in [0.717, 1.165) is 59.9 Å². The minimum atomic E-state index is -0.952. The summed E-state index contributed by atoms with van der Waals surface area (Å²) in [6, 6.07) is 0. The normalized spacial score (nSPS) is 17.9. The number of carbonyl (C=O) groups is 1. The van der Waals surface area contributed by atoms with E-state index in [-0.39, 0.29) is 5.91 Å². The molecule has 2 saturated heterocycles. The summed E-state index contributed by atoms with van der Waals surface area (Å²) in [5.74, 6) is 2.00. The number of aromatic nitrogens is 4. The molecule has 0 spiro atoms. The molecule has 11 nitrogen and oxygen atoms in total. The topological polar surface area (TPSA) is 111 Å². The maximum atomic E-state index is 12.1. The van der Waals surface area contributed by atoms with Crippen LogP contribution in [0.5, 0.6) is 0 Å². The van der Waals surface area contributed by atoms with Gasteiger partial charge in [0.15, 0.2) is 11.6 Å². The Labute approximate surface area is 220 Å². The quantitative estimate of drug-likeness (QED) is 0.506. The van der Waals surface area contributed by atoms with Crippen molar-refractivity contribution in [2.24, 2.45) is 0 Å². The molecule has 2 aliphatic heterocycles. The average molecular weight is 527 g/mol. The van der Waals surface area contributed by atoms with Crippen LogP contribution in [0.2, 0.25) is 0 Å². The number of hydrogen-bond donors (Lipinski definition) is 1. The third-order valence-electron chi connectivity index (χ3n) is 6.86. The molecule has 2 aliphatic rings. The predicted octanol–water partition coefficient (Wildman–Crippen LogP) is 1.38. The Morgan fingerprint density at radius 2 is 1.78 bits per heavy atom. The fourth-order valence-corrected chi connectivity index (χ4v) is 5.95. The van der Waals surface area contributed by atoms with Gasteiger partial charge in [-0.2, -0.15) is 0 Å². The van der Waals surface area contributed by atoms with E-state index in [1.807, 2.05) is 19.0 Å². The molecule has 12 heteroatoms. The van der Waals surface area contributed by atoms with Crippen molar-refractivity contribution in [2.45, 2.75) is 26.5 Å². The molecule has 0 saturated carbocycles. The van der Waals surface area contributed by atoms with Gasteiger partial charge in [-0.3, -0.25) is 9.69 Å². The van der Waals surface area contributed by atoms with Crippen molar-refractivity contribution in [3.05, 3.63) is 22.8 Å². The predicted molar refractivity (Wildman–Crippen MR) is 144 cm³/mol. The number of morpholine rings is 1. The van der Waals surface area contributed by atoms with Crippen molar-refractivity contribution in [1.82, 2.24) is 29.7 Å². The Balaban J connectivity index is 1.46. The molecular formula is C25H34N8O3S. The zero-order valence-corrected chi connectivity index (χ0v) is 22.7. The Morgan fingerprint density at radius 1 is 1.11 bits per heavy atom. The van der Waals surface area contributed by atoms with Crippen LogP contribution in [-0.2, 0) is 16.1 Å². The van der Waals surface area contributed by atoms with Crippen LogP contribution in [0.4, 0.5) is 11.8 Å². The summed E-state index contributed by atoms with van der Waals surface area (Å²) < 4.78 is 6.69. The zero-order chi connectivity index (χ0) is 26.1. The van der Waals surface area contributed by atoms with Crippen LogP contribution in [0, 0.1) is 6.92 Å². The van der Waals surface area contributed by atoms with E-state index in [1.54, 1.807) is 28.6 Å². The van der Waals surface area contributed by atoms with Gasteiger partial charge in [-0.1, -0.05) is 0 Å². The molecule has 0 aromatic carbocycles. The second-order valence-electron chi connectivity index (χ2n) is 9.74.